The topological polar surface area (TPSA) is 92.1 Å². The van der Waals surface area contributed by atoms with E-state index < -0.39 is 6.10 Å². The molecule has 8 heteroatoms. The van der Waals surface area contributed by atoms with Gasteiger partial charge in [-0.2, -0.15) is 11.3 Å². The molecule has 0 aliphatic carbocycles. The third-order valence-electron chi connectivity index (χ3n) is 3.44. The number of aromatic nitrogens is 3. The minimum Gasteiger partial charge on any atom is -0.387 e. The molecule has 2 amide bonds. The first-order valence-electron chi connectivity index (χ1n) is 7.40. The zero-order valence-corrected chi connectivity index (χ0v) is 13.6. The fourth-order valence-electron chi connectivity index (χ4n) is 2.18. The molecule has 3 N–H and O–H groups in total. The fraction of sp³-hybridized carbons (Fsp3) is 0.188. The third kappa shape index (κ3) is 3.98. The molecule has 2 heterocycles. The molecule has 3 aromatic rings. The molecule has 0 fully saturated rings. The van der Waals surface area contributed by atoms with Crippen molar-refractivity contribution in [3.05, 3.63) is 64.9 Å². The summed E-state index contributed by atoms with van der Waals surface area (Å²) in [6.07, 6.45) is 0.889. The summed E-state index contributed by atoms with van der Waals surface area (Å²) in [5.74, 6) is 0.620. The number of nitrogens with one attached hydrogen (secondary N) is 2. The van der Waals surface area contributed by atoms with Crippen molar-refractivity contribution in [1.29, 1.82) is 0 Å². The highest BCUT2D eigenvalue weighted by atomic mass is 32.1. The van der Waals surface area contributed by atoms with Crippen molar-refractivity contribution in [1.82, 2.24) is 25.4 Å². The number of carbonyl (C=O) groups is 1. The molecule has 0 aliphatic heterocycles. The van der Waals surface area contributed by atoms with Crippen LogP contribution in [0.4, 0.5) is 4.79 Å². The highest BCUT2D eigenvalue weighted by Crippen LogP contribution is 2.15. The van der Waals surface area contributed by atoms with E-state index in [1.807, 2.05) is 47.2 Å². The second-order valence-corrected chi connectivity index (χ2v) is 5.87. The Morgan fingerprint density at radius 2 is 2.08 bits per heavy atom. The summed E-state index contributed by atoms with van der Waals surface area (Å²) >= 11 is 1.50. The Labute approximate surface area is 143 Å². The van der Waals surface area contributed by atoms with Crippen LogP contribution in [0, 0.1) is 0 Å². The molecular weight excluding hydrogens is 326 g/mol. The minimum atomic E-state index is -0.713. The predicted octanol–water partition coefficient (Wildman–Crippen LogP) is 1.86. The van der Waals surface area contributed by atoms with Crippen molar-refractivity contribution in [3.8, 4) is 5.69 Å². The van der Waals surface area contributed by atoms with Gasteiger partial charge < -0.3 is 15.7 Å². The van der Waals surface area contributed by atoms with Crippen LogP contribution >= 0.6 is 11.3 Å². The summed E-state index contributed by atoms with van der Waals surface area (Å²) in [5.41, 5.74) is 1.72. The maximum absolute atomic E-state index is 11.9. The molecular formula is C16H17N5O2S. The highest BCUT2D eigenvalue weighted by molar-refractivity contribution is 7.07. The van der Waals surface area contributed by atoms with Crippen LogP contribution in [-0.2, 0) is 6.54 Å². The van der Waals surface area contributed by atoms with Crippen LogP contribution in [0.1, 0.15) is 17.5 Å². The van der Waals surface area contributed by atoms with Crippen molar-refractivity contribution >= 4 is 17.4 Å². The number of urea groups is 1. The fourth-order valence-corrected chi connectivity index (χ4v) is 2.88. The molecule has 0 saturated heterocycles. The summed E-state index contributed by atoms with van der Waals surface area (Å²) in [5, 5.41) is 26.9. The van der Waals surface area contributed by atoms with Gasteiger partial charge in [-0.1, -0.05) is 18.2 Å². The van der Waals surface area contributed by atoms with E-state index in [0.717, 1.165) is 11.3 Å². The number of aliphatic hydroxyl groups is 1. The van der Waals surface area contributed by atoms with Crippen molar-refractivity contribution in [3.63, 3.8) is 0 Å². The number of carbonyl (C=O) groups excluding carboxylic acids is 1. The Bertz CT molecular complexity index is 773. The molecule has 3 rings (SSSR count). The van der Waals surface area contributed by atoms with Crippen molar-refractivity contribution < 1.29 is 9.90 Å². The predicted molar refractivity (Wildman–Crippen MR) is 90.9 cm³/mol. The van der Waals surface area contributed by atoms with Crippen molar-refractivity contribution in [2.24, 2.45) is 0 Å². The number of rotatable bonds is 6. The van der Waals surface area contributed by atoms with E-state index in [9.17, 15) is 9.90 Å². The lowest BCUT2D eigenvalue weighted by atomic mass is 10.2. The molecule has 0 aliphatic rings. The molecule has 1 aromatic carbocycles. The Kier molecular flexibility index (Phi) is 5.19. The van der Waals surface area contributed by atoms with Crippen LogP contribution in [0.2, 0.25) is 0 Å². The smallest absolute Gasteiger partial charge is 0.315 e. The van der Waals surface area contributed by atoms with Crippen LogP contribution in [-0.4, -0.2) is 32.4 Å². The van der Waals surface area contributed by atoms with Gasteiger partial charge in [-0.25, -0.2) is 4.79 Å². The van der Waals surface area contributed by atoms with Gasteiger partial charge in [-0.3, -0.25) is 4.57 Å². The third-order valence-corrected chi connectivity index (χ3v) is 4.15. The molecule has 24 heavy (non-hydrogen) atoms. The monoisotopic (exact) mass is 343 g/mol. The standard InChI is InChI=1S/C16H17N5O2S/c22-14(12-6-7-24-10-12)8-17-16(23)18-9-15-20-19-11-21(15)13-4-2-1-3-5-13/h1-7,10-11,14,22H,8-9H2,(H2,17,18,23). The summed E-state index contributed by atoms with van der Waals surface area (Å²) in [6, 6.07) is 11.1. The number of thiophene rings is 1. The second-order valence-electron chi connectivity index (χ2n) is 5.09. The molecule has 0 bridgehead atoms. The van der Waals surface area contributed by atoms with Crippen LogP contribution < -0.4 is 10.6 Å². The average Bonchev–Trinajstić information content (AvgIpc) is 3.30. The van der Waals surface area contributed by atoms with Gasteiger partial charge in [0.05, 0.1) is 12.6 Å². The normalized spacial score (nSPS) is 11.9. The Morgan fingerprint density at radius 3 is 2.83 bits per heavy atom. The van der Waals surface area contributed by atoms with Crippen LogP contribution in [0.25, 0.3) is 5.69 Å². The van der Waals surface area contributed by atoms with Gasteiger partial charge in [0.1, 0.15) is 6.33 Å². The first kappa shape index (κ1) is 16.2. The average molecular weight is 343 g/mol. The largest absolute Gasteiger partial charge is 0.387 e. The van der Waals surface area contributed by atoms with Crippen molar-refractivity contribution in [2.75, 3.05) is 6.54 Å². The number of hydrogen-bond acceptors (Lipinski definition) is 5. The molecule has 0 radical (unpaired) electrons. The van der Waals surface area contributed by atoms with E-state index in [2.05, 4.69) is 20.8 Å². The van der Waals surface area contributed by atoms with Crippen molar-refractivity contribution in [2.45, 2.75) is 12.6 Å². The van der Waals surface area contributed by atoms with E-state index in [-0.39, 0.29) is 19.1 Å². The van der Waals surface area contributed by atoms with Crippen LogP contribution in [0.15, 0.2) is 53.5 Å². The highest BCUT2D eigenvalue weighted by Gasteiger charge is 2.11. The number of amides is 2. The first-order chi connectivity index (χ1) is 11.7. The summed E-state index contributed by atoms with van der Waals surface area (Å²) in [7, 11) is 0. The maximum Gasteiger partial charge on any atom is 0.315 e. The van der Waals surface area contributed by atoms with Gasteiger partial charge in [0, 0.05) is 12.2 Å². The Hall–Kier alpha value is -2.71. The molecule has 0 spiro atoms. The van der Waals surface area contributed by atoms with Gasteiger partial charge in [0.25, 0.3) is 0 Å². The second kappa shape index (κ2) is 7.71. The van der Waals surface area contributed by atoms with E-state index in [1.165, 1.54) is 11.3 Å². The van der Waals surface area contributed by atoms with E-state index in [4.69, 9.17) is 0 Å². The lowest BCUT2D eigenvalue weighted by Crippen LogP contribution is -2.37. The number of hydrogen-bond donors (Lipinski definition) is 3. The number of aliphatic hydroxyl groups excluding tert-OH is 1. The Balaban J connectivity index is 1.51. The zero-order chi connectivity index (χ0) is 16.8. The molecule has 0 saturated carbocycles. The SMILES string of the molecule is O=C(NCc1nncn1-c1ccccc1)NCC(O)c1ccsc1. The molecule has 7 nitrogen and oxygen atoms in total. The molecule has 124 valence electrons. The summed E-state index contributed by atoms with van der Waals surface area (Å²) in [6.45, 7) is 0.378. The zero-order valence-electron chi connectivity index (χ0n) is 12.8. The van der Waals surface area contributed by atoms with Gasteiger partial charge in [-0.15, -0.1) is 10.2 Å². The number of nitrogens with zero attached hydrogens (tertiary/aromatic N) is 3. The first-order valence-corrected chi connectivity index (χ1v) is 8.34. The summed E-state index contributed by atoms with van der Waals surface area (Å²) < 4.78 is 1.81. The van der Waals surface area contributed by atoms with Crippen LogP contribution in [0.3, 0.4) is 0 Å². The van der Waals surface area contributed by atoms with E-state index >= 15 is 0 Å². The van der Waals surface area contributed by atoms with Gasteiger partial charge >= 0.3 is 6.03 Å². The molecule has 1 unspecified atom stereocenters. The van der Waals surface area contributed by atoms with Gasteiger partial charge in [-0.05, 0) is 34.5 Å². The number of benzene rings is 1. The lowest BCUT2D eigenvalue weighted by molar-refractivity contribution is 0.173. The van der Waals surface area contributed by atoms with E-state index in [1.54, 1.807) is 10.9 Å². The van der Waals surface area contributed by atoms with Crippen LogP contribution in [0.5, 0.6) is 0 Å². The molecule has 1 atom stereocenters. The number of para-hydroxylation sites is 1. The Morgan fingerprint density at radius 1 is 1.25 bits per heavy atom. The quantitative estimate of drug-likeness (QED) is 0.637. The van der Waals surface area contributed by atoms with Gasteiger partial charge in [0.15, 0.2) is 5.82 Å². The maximum atomic E-state index is 11.9. The molecule has 2 aromatic heterocycles. The lowest BCUT2D eigenvalue weighted by Gasteiger charge is -2.12. The summed E-state index contributed by atoms with van der Waals surface area (Å²) in [4.78, 5) is 11.9. The van der Waals surface area contributed by atoms with E-state index in [0.29, 0.717) is 5.82 Å². The minimum absolute atomic E-state index is 0.147. The van der Waals surface area contributed by atoms with Gasteiger partial charge in [0.2, 0.25) is 0 Å².